The van der Waals surface area contributed by atoms with E-state index in [1.807, 2.05) is 25.1 Å². The molecular formula is C15H20BrNO2. The van der Waals surface area contributed by atoms with Crippen molar-refractivity contribution in [2.45, 2.75) is 26.2 Å². The van der Waals surface area contributed by atoms with Crippen molar-refractivity contribution in [3.8, 4) is 0 Å². The van der Waals surface area contributed by atoms with Gasteiger partial charge in [0.05, 0.1) is 0 Å². The summed E-state index contributed by atoms with van der Waals surface area (Å²) in [6.45, 7) is 2.89. The fraction of sp³-hybridized carbons (Fsp3) is 0.400. The van der Waals surface area contributed by atoms with Crippen LogP contribution in [-0.2, 0) is 4.79 Å². The zero-order valence-electron chi connectivity index (χ0n) is 11.2. The predicted octanol–water partition coefficient (Wildman–Crippen LogP) is 3.05. The molecule has 1 rings (SSSR count). The number of hydrogen-bond acceptors (Lipinski definition) is 2. The minimum Gasteiger partial charge on any atom is -0.396 e. The van der Waals surface area contributed by atoms with Crippen molar-refractivity contribution in [1.29, 1.82) is 0 Å². The van der Waals surface area contributed by atoms with E-state index in [1.54, 1.807) is 12.2 Å². The Labute approximate surface area is 122 Å². The van der Waals surface area contributed by atoms with Crippen molar-refractivity contribution in [2.75, 3.05) is 13.2 Å². The second-order valence-electron chi connectivity index (χ2n) is 4.43. The van der Waals surface area contributed by atoms with Crippen LogP contribution >= 0.6 is 15.9 Å². The third-order valence-corrected chi connectivity index (χ3v) is 3.39. The van der Waals surface area contributed by atoms with Gasteiger partial charge < -0.3 is 10.4 Å². The Morgan fingerprint density at radius 1 is 1.37 bits per heavy atom. The molecule has 0 aliphatic heterocycles. The van der Waals surface area contributed by atoms with Crippen LogP contribution in [0.2, 0.25) is 0 Å². The van der Waals surface area contributed by atoms with Gasteiger partial charge >= 0.3 is 0 Å². The average molecular weight is 326 g/mol. The second-order valence-corrected chi connectivity index (χ2v) is 5.29. The first-order chi connectivity index (χ1) is 9.13. The summed E-state index contributed by atoms with van der Waals surface area (Å²) in [7, 11) is 0. The van der Waals surface area contributed by atoms with Crippen LogP contribution in [-0.4, -0.2) is 24.2 Å². The van der Waals surface area contributed by atoms with Gasteiger partial charge in [0.2, 0.25) is 5.91 Å². The van der Waals surface area contributed by atoms with Gasteiger partial charge in [0.25, 0.3) is 0 Å². The number of nitrogens with one attached hydrogen (secondary N) is 1. The van der Waals surface area contributed by atoms with Gasteiger partial charge in [-0.15, -0.1) is 0 Å². The molecule has 4 heteroatoms. The highest BCUT2D eigenvalue weighted by Crippen LogP contribution is 2.19. The van der Waals surface area contributed by atoms with Crippen molar-refractivity contribution in [2.24, 2.45) is 0 Å². The third kappa shape index (κ3) is 6.55. The number of rotatable bonds is 7. The lowest BCUT2D eigenvalue weighted by atomic mass is 10.1. The molecule has 0 spiro atoms. The summed E-state index contributed by atoms with van der Waals surface area (Å²) in [4.78, 5) is 11.6. The van der Waals surface area contributed by atoms with Gasteiger partial charge in [-0.3, -0.25) is 4.79 Å². The molecule has 1 amide bonds. The molecule has 0 heterocycles. The Morgan fingerprint density at radius 3 is 2.84 bits per heavy atom. The van der Waals surface area contributed by atoms with Gasteiger partial charge in [-0.2, -0.15) is 0 Å². The van der Waals surface area contributed by atoms with Crippen molar-refractivity contribution in [3.63, 3.8) is 0 Å². The van der Waals surface area contributed by atoms with E-state index in [0.29, 0.717) is 6.54 Å². The molecule has 1 aromatic rings. The molecule has 0 radical (unpaired) electrons. The van der Waals surface area contributed by atoms with E-state index in [-0.39, 0.29) is 12.5 Å². The van der Waals surface area contributed by atoms with Gasteiger partial charge in [-0.25, -0.2) is 0 Å². The first-order valence-electron chi connectivity index (χ1n) is 6.46. The van der Waals surface area contributed by atoms with E-state index in [2.05, 4.69) is 21.2 Å². The van der Waals surface area contributed by atoms with Gasteiger partial charge in [-0.05, 0) is 49.5 Å². The second kappa shape index (κ2) is 8.88. The van der Waals surface area contributed by atoms with Gasteiger partial charge in [0.15, 0.2) is 0 Å². The number of aliphatic hydroxyl groups excluding tert-OH is 1. The first kappa shape index (κ1) is 15.9. The summed E-state index contributed by atoms with van der Waals surface area (Å²) in [6, 6.07) is 6.01. The molecule has 0 aliphatic rings. The van der Waals surface area contributed by atoms with Crippen molar-refractivity contribution >= 4 is 27.9 Å². The molecule has 0 atom stereocenters. The molecule has 0 fully saturated rings. The summed E-state index contributed by atoms with van der Waals surface area (Å²) in [5, 5.41) is 11.4. The number of aryl methyl sites for hydroxylation is 1. The molecule has 104 valence electrons. The summed E-state index contributed by atoms with van der Waals surface area (Å²) < 4.78 is 0.986. The number of carbonyl (C=O) groups excluding carboxylic acids is 1. The lowest BCUT2D eigenvalue weighted by Gasteiger charge is -2.02. The number of amides is 1. The van der Waals surface area contributed by atoms with Crippen molar-refractivity contribution in [1.82, 2.24) is 5.32 Å². The third-order valence-electron chi connectivity index (χ3n) is 2.70. The molecule has 0 aromatic heterocycles. The SMILES string of the molecule is Cc1ccc(/C=C/C(=O)NCCCCCO)c(Br)c1. The van der Waals surface area contributed by atoms with Crippen LogP contribution in [0.25, 0.3) is 6.08 Å². The van der Waals surface area contributed by atoms with Gasteiger partial charge in [0.1, 0.15) is 0 Å². The lowest BCUT2D eigenvalue weighted by Crippen LogP contribution is -2.22. The number of hydrogen-bond donors (Lipinski definition) is 2. The number of halogens is 1. The average Bonchev–Trinajstić information content (AvgIpc) is 2.37. The largest absolute Gasteiger partial charge is 0.396 e. The van der Waals surface area contributed by atoms with E-state index >= 15 is 0 Å². The number of unbranched alkanes of at least 4 members (excludes halogenated alkanes) is 2. The predicted molar refractivity (Wildman–Crippen MR) is 81.9 cm³/mol. The Balaban J connectivity index is 2.37. The maximum absolute atomic E-state index is 11.6. The molecule has 0 unspecified atom stereocenters. The van der Waals surface area contributed by atoms with E-state index < -0.39 is 0 Å². The first-order valence-corrected chi connectivity index (χ1v) is 7.25. The Hall–Kier alpha value is -1.13. The lowest BCUT2D eigenvalue weighted by molar-refractivity contribution is -0.116. The van der Waals surface area contributed by atoms with Crippen molar-refractivity contribution < 1.29 is 9.90 Å². The summed E-state index contributed by atoms with van der Waals surface area (Å²) in [5.41, 5.74) is 2.17. The molecule has 1 aromatic carbocycles. The van der Waals surface area contributed by atoms with E-state index in [1.165, 1.54) is 5.56 Å². The fourth-order valence-corrected chi connectivity index (χ4v) is 2.24. The molecule has 2 N–H and O–H groups in total. The minimum atomic E-state index is -0.0866. The Kier molecular flexibility index (Phi) is 7.45. The highest BCUT2D eigenvalue weighted by molar-refractivity contribution is 9.10. The highest BCUT2D eigenvalue weighted by atomic mass is 79.9. The number of aliphatic hydroxyl groups is 1. The number of benzene rings is 1. The van der Waals surface area contributed by atoms with E-state index in [0.717, 1.165) is 29.3 Å². The van der Waals surface area contributed by atoms with Crippen LogP contribution in [0.15, 0.2) is 28.7 Å². The molecule has 0 saturated heterocycles. The smallest absolute Gasteiger partial charge is 0.243 e. The van der Waals surface area contributed by atoms with Crippen LogP contribution in [0.1, 0.15) is 30.4 Å². The Morgan fingerprint density at radius 2 is 2.16 bits per heavy atom. The van der Waals surface area contributed by atoms with Gasteiger partial charge in [0, 0.05) is 23.7 Å². The Bertz CT molecular complexity index is 444. The zero-order chi connectivity index (χ0) is 14.1. The maximum atomic E-state index is 11.6. The van der Waals surface area contributed by atoms with Crippen LogP contribution in [0.3, 0.4) is 0 Å². The minimum absolute atomic E-state index is 0.0866. The van der Waals surface area contributed by atoms with Crippen LogP contribution < -0.4 is 5.32 Å². The summed E-state index contributed by atoms with van der Waals surface area (Å²) in [5.74, 6) is -0.0866. The molecule has 0 saturated carbocycles. The van der Waals surface area contributed by atoms with E-state index in [4.69, 9.17) is 5.11 Å². The van der Waals surface area contributed by atoms with Crippen LogP contribution in [0, 0.1) is 6.92 Å². The number of carbonyl (C=O) groups is 1. The molecule has 3 nitrogen and oxygen atoms in total. The molecule has 0 bridgehead atoms. The monoisotopic (exact) mass is 325 g/mol. The summed E-state index contributed by atoms with van der Waals surface area (Å²) >= 11 is 3.47. The fourth-order valence-electron chi connectivity index (χ4n) is 1.62. The zero-order valence-corrected chi connectivity index (χ0v) is 12.7. The highest BCUT2D eigenvalue weighted by Gasteiger charge is 1.98. The van der Waals surface area contributed by atoms with Gasteiger partial charge in [-0.1, -0.05) is 28.1 Å². The molecule has 0 aliphatic carbocycles. The summed E-state index contributed by atoms with van der Waals surface area (Å²) in [6.07, 6.45) is 5.97. The van der Waals surface area contributed by atoms with Crippen molar-refractivity contribution in [3.05, 3.63) is 39.9 Å². The van der Waals surface area contributed by atoms with E-state index in [9.17, 15) is 4.79 Å². The molecule has 19 heavy (non-hydrogen) atoms. The quantitative estimate of drug-likeness (QED) is 0.598. The standard InChI is InChI=1S/C15H20BrNO2/c1-12-5-6-13(14(16)11-12)7-8-15(19)17-9-3-2-4-10-18/h5-8,11,18H,2-4,9-10H2,1H3,(H,17,19)/b8-7+. The topological polar surface area (TPSA) is 49.3 Å². The normalized spacial score (nSPS) is 10.9. The molecular weight excluding hydrogens is 306 g/mol. The maximum Gasteiger partial charge on any atom is 0.243 e. The van der Waals surface area contributed by atoms with Crippen LogP contribution in [0.5, 0.6) is 0 Å². The van der Waals surface area contributed by atoms with Crippen LogP contribution in [0.4, 0.5) is 0 Å².